The van der Waals surface area contributed by atoms with Crippen molar-refractivity contribution < 1.29 is 9.53 Å². The van der Waals surface area contributed by atoms with Crippen LogP contribution in [-0.2, 0) is 4.74 Å². The first kappa shape index (κ1) is 12.2. The average molecular weight is 256 g/mol. The van der Waals surface area contributed by atoms with Gasteiger partial charge in [-0.15, -0.1) is 0 Å². The molecule has 3 aliphatic rings. The lowest BCUT2D eigenvalue weighted by atomic mass is 9.73. The van der Waals surface area contributed by atoms with Gasteiger partial charge in [-0.1, -0.05) is 12.0 Å². The Hall–Kier alpha value is -1.86. The van der Waals surface area contributed by atoms with Gasteiger partial charge >= 0.3 is 5.97 Å². The zero-order chi connectivity index (χ0) is 13.1. The van der Waals surface area contributed by atoms with Crippen LogP contribution < -0.4 is 0 Å². The van der Waals surface area contributed by atoms with Crippen molar-refractivity contribution in [2.75, 3.05) is 19.6 Å². The fourth-order valence-electron chi connectivity index (χ4n) is 2.73. The molecule has 98 valence electrons. The predicted molar refractivity (Wildman–Crippen MR) is 70.2 cm³/mol. The fraction of sp³-hybridized carbons (Fsp3) is 0.467. The van der Waals surface area contributed by atoms with Crippen molar-refractivity contribution in [3.8, 4) is 12.0 Å². The Morgan fingerprint density at radius 3 is 2.63 bits per heavy atom. The van der Waals surface area contributed by atoms with Gasteiger partial charge in [-0.05, 0) is 51.0 Å². The van der Waals surface area contributed by atoms with Crippen molar-refractivity contribution in [2.45, 2.75) is 19.3 Å². The van der Waals surface area contributed by atoms with E-state index < -0.39 is 5.97 Å². The Labute approximate surface area is 112 Å². The van der Waals surface area contributed by atoms with Crippen molar-refractivity contribution in [1.82, 2.24) is 9.88 Å². The third-order valence-electron chi connectivity index (χ3n) is 4.05. The molecule has 4 heteroatoms. The second-order valence-corrected chi connectivity index (χ2v) is 5.20. The molecule has 0 aromatic carbocycles. The maximum absolute atomic E-state index is 11.7. The summed E-state index contributed by atoms with van der Waals surface area (Å²) in [6.45, 7) is 3.34. The molecule has 1 aromatic heterocycles. The monoisotopic (exact) mass is 256 g/mol. The quantitative estimate of drug-likeness (QED) is 0.566. The molecule has 0 amide bonds. The summed E-state index contributed by atoms with van der Waals surface area (Å²) in [6, 6.07) is 5.14. The number of piperidine rings is 3. The van der Waals surface area contributed by atoms with E-state index in [1.54, 1.807) is 24.4 Å². The number of carbonyl (C=O) groups excluding carboxylic acids is 1. The molecule has 4 nitrogen and oxygen atoms in total. The zero-order valence-electron chi connectivity index (χ0n) is 10.8. The highest BCUT2D eigenvalue weighted by Gasteiger charge is 2.38. The first-order valence-corrected chi connectivity index (χ1v) is 6.64. The molecule has 0 N–H and O–H groups in total. The van der Waals surface area contributed by atoms with Gasteiger partial charge < -0.3 is 9.64 Å². The Balaban J connectivity index is 1.63. The average Bonchev–Trinajstić information content (AvgIpc) is 2.50. The molecule has 3 saturated heterocycles. The standard InChI is InChI=1S/C15H16N2O2/c18-14(13-3-1-2-8-16-13)19-12-7-15-4-9-17(10-5-15)11-6-15/h1-3,8H,4-6,9-11H2. The molecule has 0 aliphatic carbocycles. The highest BCUT2D eigenvalue weighted by atomic mass is 16.5. The van der Waals surface area contributed by atoms with Crippen LogP contribution in [0.1, 0.15) is 29.8 Å². The van der Waals surface area contributed by atoms with E-state index in [9.17, 15) is 4.79 Å². The van der Waals surface area contributed by atoms with Gasteiger partial charge in [0.2, 0.25) is 0 Å². The number of fused-ring (bicyclic) bond motifs is 3. The van der Waals surface area contributed by atoms with Gasteiger partial charge in [-0.25, -0.2) is 9.78 Å². The molecule has 3 aliphatic heterocycles. The Bertz CT molecular complexity index is 508. The minimum Gasteiger partial charge on any atom is -0.367 e. The van der Waals surface area contributed by atoms with Gasteiger partial charge in [-0.3, -0.25) is 0 Å². The number of pyridine rings is 1. The maximum atomic E-state index is 11.7. The topological polar surface area (TPSA) is 42.4 Å². The highest BCUT2D eigenvalue weighted by molar-refractivity contribution is 5.87. The van der Waals surface area contributed by atoms with E-state index in [2.05, 4.69) is 21.9 Å². The first-order valence-electron chi connectivity index (χ1n) is 6.64. The number of esters is 1. The van der Waals surface area contributed by atoms with Crippen LogP contribution in [-0.4, -0.2) is 35.5 Å². The van der Waals surface area contributed by atoms with Crippen LogP contribution in [0.25, 0.3) is 0 Å². The predicted octanol–water partition coefficient (Wildman–Crippen LogP) is 1.69. The van der Waals surface area contributed by atoms with Gasteiger partial charge in [0.05, 0.1) is 0 Å². The van der Waals surface area contributed by atoms with E-state index in [0.29, 0.717) is 5.69 Å². The molecule has 0 saturated carbocycles. The second kappa shape index (κ2) is 5.02. The van der Waals surface area contributed by atoms with E-state index in [1.807, 2.05) is 0 Å². The summed E-state index contributed by atoms with van der Waals surface area (Å²) in [5.74, 6) is 2.70. The summed E-state index contributed by atoms with van der Waals surface area (Å²) >= 11 is 0. The molecule has 0 spiro atoms. The van der Waals surface area contributed by atoms with Crippen LogP contribution in [0.4, 0.5) is 0 Å². The molecule has 1 aromatic rings. The van der Waals surface area contributed by atoms with E-state index >= 15 is 0 Å². The number of rotatable bonds is 1. The highest BCUT2D eigenvalue weighted by Crippen LogP contribution is 2.39. The van der Waals surface area contributed by atoms with Crippen molar-refractivity contribution >= 4 is 5.97 Å². The van der Waals surface area contributed by atoms with Crippen molar-refractivity contribution in [3.05, 3.63) is 30.1 Å². The number of hydrogen-bond donors (Lipinski definition) is 0. The van der Waals surface area contributed by atoms with Gasteiger partial charge in [0.1, 0.15) is 11.8 Å². The molecule has 4 rings (SSSR count). The summed E-state index contributed by atoms with van der Waals surface area (Å²) in [5.41, 5.74) is 0.367. The number of nitrogens with zero attached hydrogens (tertiary/aromatic N) is 2. The van der Waals surface area contributed by atoms with Gasteiger partial charge in [0.15, 0.2) is 0 Å². The number of ether oxygens (including phenoxy) is 1. The van der Waals surface area contributed by atoms with E-state index in [0.717, 1.165) is 38.9 Å². The molecular weight excluding hydrogens is 240 g/mol. The van der Waals surface area contributed by atoms with Crippen molar-refractivity contribution in [3.63, 3.8) is 0 Å². The Kier molecular flexibility index (Phi) is 3.22. The van der Waals surface area contributed by atoms with Gasteiger partial charge in [-0.2, -0.15) is 0 Å². The minimum absolute atomic E-state index is 0.0686. The molecular formula is C15H16N2O2. The molecule has 19 heavy (non-hydrogen) atoms. The lowest BCUT2D eigenvalue weighted by molar-refractivity contribution is 0.0635. The van der Waals surface area contributed by atoms with Crippen LogP contribution >= 0.6 is 0 Å². The molecule has 2 bridgehead atoms. The third kappa shape index (κ3) is 2.61. The maximum Gasteiger partial charge on any atom is 0.370 e. The molecule has 0 unspecified atom stereocenters. The molecule has 0 atom stereocenters. The third-order valence-corrected chi connectivity index (χ3v) is 4.05. The van der Waals surface area contributed by atoms with E-state index in [1.165, 1.54) is 0 Å². The summed E-state index contributed by atoms with van der Waals surface area (Å²) < 4.78 is 5.00. The van der Waals surface area contributed by atoms with Crippen LogP contribution in [0.2, 0.25) is 0 Å². The summed E-state index contributed by atoms with van der Waals surface area (Å²) in [7, 11) is 0. The van der Waals surface area contributed by atoms with Gasteiger partial charge in [0.25, 0.3) is 0 Å². The van der Waals surface area contributed by atoms with Crippen LogP contribution in [0.5, 0.6) is 0 Å². The van der Waals surface area contributed by atoms with E-state index in [-0.39, 0.29) is 5.41 Å². The number of hydrogen-bond acceptors (Lipinski definition) is 4. The number of aromatic nitrogens is 1. The lowest BCUT2D eigenvalue weighted by Gasteiger charge is -2.45. The normalized spacial score (nSPS) is 28.3. The van der Waals surface area contributed by atoms with Crippen LogP contribution in [0.15, 0.2) is 24.4 Å². The smallest absolute Gasteiger partial charge is 0.367 e. The Morgan fingerprint density at radius 1 is 1.26 bits per heavy atom. The first-order chi connectivity index (χ1) is 9.27. The molecule has 0 radical (unpaired) electrons. The SMILES string of the molecule is O=C(OC#CC12CCN(CC1)CC2)c1ccccn1. The largest absolute Gasteiger partial charge is 0.370 e. The number of carbonyl (C=O) groups is 1. The second-order valence-electron chi connectivity index (χ2n) is 5.20. The van der Waals surface area contributed by atoms with Crippen LogP contribution in [0, 0.1) is 17.4 Å². The molecule has 4 heterocycles. The summed E-state index contributed by atoms with van der Waals surface area (Å²) in [6.07, 6.45) is 7.43. The zero-order valence-corrected chi connectivity index (χ0v) is 10.8. The fourth-order valence-corrected chi connectivity index (χ4v) is 2.73. The minimum atomic E-state index is -0.474. The van der Waals surface area contributed by atoms with Gasteiger partial charge in [0, 0.05) is 11.6 Å². The molecule has 3 fully saturated rings. The van der Waals surface area contributed by atoms with Crippen molar-refractivity contribution in [2.24, 2.45) is 5.41 Å². The summed E-state index contributed by atoms with van der Waals surface area (Å²) in [5, 5.41) is 0. The summed E-state index contributed by atoms with van der Waals surface area (Å²) in [4.78, 5) is 18.1. The van der Waals surface area contributed by atoms with E-state index in [4.69, 9.17) is 4.74 Å². The lowest BCUT2D eigenvalue weighted by Crippen LogP contribution is -2.47. The van der Waals surface area contributed by atoms with Crippen LogP contribution in [0.3, 0.4) is 0 Å². The Morgan fingerprint density at radius 2 is 2.00 bits per heavy atom. The van der Waals surface area contributed by atoms with Crippen molar-refractivity contribution in [1.29, 1.82) is 0 Å².